The van der Waals surface area contributed by atoms with Crippen molar-refractivity contribution < 1.29 is 18.0 Å². The van der Waals surface area contributed by atoms with Crippen molar-refractivity contribution >= 4 is 5.91 Å². The molecule has 0 spiro atoms. The first-order valence-corrected chi connectivity index (χ1v) is 6.52. The van der Waals surface area contributed by atoms with Crippen LogP contribution in [0.3, 0.4) is 0 Å². The van der Waals surface area contributed by atoms with Crippen LogP contribution in [0.5, 0.6) is 0 Å². The van der Waals surface area contributed by atoms with Crippen LogP contribution in [0, 0.1) is 0 Å². The molecule has 2 N–H and O–H groups in total. The van der Waals surface area contributed by atoms with Gasteiger partial charge in [-0.3, -0.25) is 4.79 Å². The van der Waals surface area contributed by atoms with Gasteiger partial charge in [0, 0.05) is 18.7 Å². The molecule has 0 radical (unpaired) electrons. The molecule has 0 bridgehead atoms. The quantitative estimate of drug-likeness (QED) is 0.874. The van der Waals surface area contributed by atoms with Gasteiger partial charge in [0.05, 0.1) is 0 Å². The molecule has 20 heavy (non-hydrogen) atoms. The highest BCUT2D eigenvalue weighted by molar-refractivity contribution is 5.94. The minimum Gasteiger partial charge on any atom is -0.330 e. The highest BCUT2D eigenvalue weighted by atomic mass is 19.4. The van der Waals surface area contributed by atoms with Gasteiger partial charge < -0.3 is 10.6 Å². The molecule has 0 heterocycles. The van der Waals surface area contributed by atoms with E-state index in [1.807, 2.05) is 6.92 Å². The molecule has 3 nitrogen and oxygen atoms in total. The Kier molecular flexibility index (Phi) is 6.01. The molecule has 0 aliphatic rings. The van der Waals surface area contributed by atoms with Crippen LogP contribution >= 0.6 is 0 Å². The summed E-state index contributed by atoms with van der Waals surface area (Å²) >= 11 is 0. The lowest BCUT2D eigenvalue weighted by Crippen LogP contribution is -2.39. The van der Waals surface area contributed by atoms with E-state index in [2.05, 4.69) is 0 Å². The molecule has 6 heteroatoms. The fourth-order valence-corrected chi connectivity index (χ4v) is 1.78. The Bertz CT molecular complexity index is 429. The number of amides is 1. The molecular formula is C14H19F3N2O. The fourth-order valence-electron chi connectivity index (χ4n) is 1.78. The summed E-state index contributed by atoms with van der Waals surface area (Å²) in [7, 11) is 0. The number of hydrogen-bond donors (Lipinski definition) is 1. The van der Waals surface area contributed by atoms with Gasteiger partial charge in [-0.1, -0.05) is 25.5 Å². The summed E-state index contributed by atoms with van der Waals surface area (Å²) in [5, 5.41) is 0. The van der Waals surface area contributed by atoms with Gasteiger partial charge in [-0.25, -0.2) is 0 Å². The van der Waals surface area contributed by atoms with Crippen molar-refractivity contribution in [1.29, 1.82) is 0 Å². The molecule has 0 saturated heterocycles. The third-order valence-electron chi connectivity index (χ3n) is 2.88. The second kappa shape index (κ2) is 7.28. The molecule has 0 saturated carbocycles. The third kappa shape index (κ3) is 5.21. The Labute approximate surface area is 116 Å². The second-order valence-corrected chi connectivity index (χ2v) is 4.60. The minimum absolute atomic E-state index is 0.105. The van der Waals surface area contributed by atoms with Gasteiger partial charge in [0.15, 0.2) is 0 Å². The molecule has 1 amide bonds. The van der Waals surface area contributed by atoms with Crippen LogP contribution in [0.25, 0.3) is 0 Å². The van der Waals surface area contributed by atoms with Crippen LogP contribution in [0.1, 0.15) is 35.7 Å². The first-order valence-electron chi connectivity index (χ1n) is 6.52. The van der Waals surface area contributed by atoms with Crippen molar-refractivity contribution in [2.75, 3.05) is 13.1 Å². The van der Waals surface area contributed by atoms with Crippen LogP contribution in [0.2, 0.25) is 0 Å². The second-order valence-electron chi connectivity index (χ2n) is 4.60. The van der Waals surface area contributed by atoms with Crippen LogP contribution in [0.15, 0.2) is 24.3 Å². The molecule has 1 aromatic rings. The lowest BCUT2D eigenvalue weighted by molar-refractivity contribution is -0.140. The largest absolute Gasteiger partial charge is 0.406 e. The molecule has 1 rings (SSSR count). The first-order chi connectivity index (χ1) is 9.37. The molecular weight excluding hydrogens is 269 g/mol. The Morgan fingerprint density at radius 2 is 1.85 bits per heavy atom. The van der Waals surface area contributed by atoms with E-state index in [0.29, 0.717) is 13.0 Å². The maximum absolute atomic E-state index is 12.5. The minimum atomic E-state index is -4.39. The van der Waals surface area contributed by atoms with Gasteiger partial charge in [-0.05, 0) is 24.1 Å². The van der Waals surface area contributed by atoms with Crippen LogP contribution in [-0.4, -0.2) is 30.1 Å². The summed E-state index contributed by atoms with van der Waals surface area (Å²) in [5.41, 5.74) is 6.52. The zero-order chi connectivity index (χ0) is 15.2. The average molecular weight is 288 g/mol. The topological polar surface area (TPSA) is 46.3 Å². The first kappa shape index (κ1) is 16.5. The van der Waals surface area contributed by atoms with Crippen molar-refractivity contribution in [3.8, 4) is 0 Å². The number of rotatable bonds is 6. The van der Waals surface area contributed by atoms with Crippen LogP contribution < -0.4 is 5.73 Å². The Hall–Kier alpha value is -1.56. The van der Waals surface area contributed by atoms with E-state index < -0.39 is 18.6 Å². The van der Waals surface area contributed by atoms with Crippen molar-refractivity contribution in [3.63, 3.8) is 0 Å². The monoisotopic (exact) mass is 288 g/mol. The SMILES string of the molecule is CCCCN(CC(F)(F)F)C(=O)c1ccc(CN)cc1. The van der Waals surface area contributed by atoms with E-state index in [1.54, 1.807) is 12.1 Å². The molecule has 0 aliphatic carbocycles. The number of carbonyl (C=O) groups excluding carboxylic acids is 1. The number of nitrogens with two attached hydrogens (primary N) is 1. The summed E-state index contributed by atoms with van der Waals surface area (Å²) in [4.78, 5) is 13.0. The summed E-state index contributed by atoms with van der Waals surface area (Å²) < 4.78 is 37.6. The lowest BCUT2D eigenvalue weighted by atomic mass is 10.1. The fraction of sp³-hybridized carbons (Fsp3) is 0.500. The number of carbonyl (C=O) groups is 1. The molecule has 0 aliphatic heterocycles. The van der Waals surface area contributed by atoms with Crippen LogP contribution in [0.4, 0.5) is 13.2 Å². The van der Waals surface area contributed by atoms with E-state index in [4.69, 9.17) is 5.73 Å². The van der Waals surface area contributed by atoms with Crippen LogP contribution in [-0.2, 0) is 6.54 Å². The highest BCUT2D eigenvalue weighted by Crippen LogP contribution is 2.19. The Morgan fingerprint density at radius 1 is 1.25 bits per heavy atom. The normalized spacial score (nSPS) is 11.4. The molecule has 0 unspecified atom stereocenters. The molecule has 0 aromatic heterocycles. The van der Waals surface area contributed by atoms with Crippen molar-refractivity contribution in [3.05, 3.63) is 35.4 Å². The zero-order valence-corrected chi connectivity index (χ0v) is 11.4. The van der Waals surface area contributed by atoms with Gasteiger partial charge in [-0.2, -0.15) is 13.2 Å². The molecule has 0 atom stereocenters. The summed E-state index contributed by atoms with van der Waals surface area (Å²) in [6, 6.07) is 6.33. The van der Waals surface area contributed by atoms with E-state index in [-0.39, 0.29) is 12.1 Å². The average Bonchev–Trinajstić information content (AvgIpc) is 2.41. The zero-order valence-electron chi connectivity index (χ0n) is 11.4. The summed E-state index contributed by atoms with van der Waals surface area (Å²) in [6.07, 6.45) is -3.11. The van der Waals surface area contributed by atoms with Gasteiger partial charge in [0.25, 0.3) is 5.91 Å². The number of halogens is 3. The predicted molar refractivity (Wildman–Crippen MR) is 71.2 cm³/mol. The van der Waals surface area contributed by atoms with Gasteiger partial charge in [0.2, 0.25) is 0 Å². The third-order valence-corrected chi connectivity index (χ3v) is 2.88. The summed E-state index contributed by atoms with van der Waals surface area (Å²) in [6.45, 7) is 1.08. The van der Waals surface area contributed by atoms with E-state index in [1.165, 1.54) is 12.1 Å². The number of nitrogens with zero attached hydrogens (tertiary/aromatic N) is 1. The standard InChI is InChI=1S/C14H19F3N2O/c1-2-3-8-19(10-14(15,16)17)13(20)12-6-4-11(9-18)5-7-12/h4-7H,2-3,8-10,18H2,1H3. The lowest BCUT2D eigenvalue weighted by Gasteiger charge is -2.24. The molecule has 112 valence electrons. The number of hydrogen-bond acceptors (Lipinski definition) is 2. The Balaban J connectivity index is 2.84. The van der Waals surface area contributed by atoms with Gasteiger partial charge in [0.1, 0.15) is 6.54 Å². The van der Waals surface area contributed by atoms with Gasteiger partial charge in [-0.15, -0.1) is 0 Å². The van der Waals surface area contributed by atoms with Gasteiger partial charge >= 0.3 is 6.18 Å². The number of unbranched alkanes of at least 4 members (excludes halogenated alkanes) is 1. The molecule has 0 fully saturated rings. The van der Waals surface area contributed by atoms with Crippen molar-refractivity contribution in [2.24, 2.45) is 5.73 Å². The number of benzene rings is 1. The predicted octanol–water partition coefficient (Wildman–Crippen LogP) is 2.95. The maximum atomic E-state index is 12.5. The van der Waals surface area contributed by atoms with E-state index >= 15 is 0 Å². The van der Waals surface area contributed by atoms with Crippen molar-refractivity contribution in [1.82, 2.24) is 4.90 Å². The maximum Gasteiger partial charge on any atom is 0.406 e. The molecule has 1 aromatic carbocycles. The highest BCUT2D eigenvalue weighted by Gasteiger charge is 2.33. The number of alkyl halides is 3. The van der Waals surface area contributed by atoms with E-state index in [0.717, 1.165) is 16.9 Å². The Morgan fingerprint density at radius 3 is 2.30 bits per heavy atom. The summed E-state index contributed by atoms with van der Waals surface area (Å²) in [5.74, 6) is -0.598. The van der Waals surface area contributed by atoms with E-state index in [9.17, 15) is 18.0 Å². The smallest absolute Gasteiger partial charge is 0.330 e. The van der Waals surface area contributed by atoms with Crippen molar-refractivity contribution in [2.45, 2.75) is 32.5 Å².